The molecule has 0 saturated carbocycles. The summed E-state index contributed by atoms with van der Waals surface area (Å²) in [6, 6.07) is 12.9. The molecule has 0 saturated heterocycles. The van der Waals surface area contributed by atoms with Crippen molar-refractivity contribution in [3.8, 4) is 11.5 Å². The maximum absolute atomic E-state index is 5.53. The summed E-state index contributed by atoms with van der Waals surface area (Å²) < 4.78 is 12.1. The van der Waals surface area contributed by atoms with Crippen LogP contribution in [0.3, 0.4) is 0 Å². The van der Waals surface area contributed by atoms with Crippen molar-refractivity contribution in [1.82, 2.24) is 4.90 Å². The minimum atomic E-state index is 0. The molecule has 2 aromatic rings. The summed E-state index contributed by atoms with van der Waals surface area (Å²) in [6.07, 6.45) is 1.03. The molecular weight excluding hydrogens is 390 g/mol. The van der Waals surface area contributed by atoms with Crippen LogP contribution in [0.1, 0.15) is 22.6 Å². The van der Waals surface area contributed by atoms with Gasteiger partial charge in [0.15, 0.2) is 11.5 Å². The molecule has 0 N–H and O–H groups in total. The lowest BCUT2D eigenvalue weighted by atomic mass is 9.87. The molecule has 5 heteroatoms. The molecule has 1 aliphatic rings. The Morgan fingerprint density at radius 3 is 2.29 bits per heavy atom. The van der Waals surface area contributed by atoms with Crippen molar-refractivity contribution in [2.45, 2.75) is 12.3 Å². The van der Waals surface area contributed by atoms with Crippen LogP contribution < -0.4 is 9.47 Å². The largest absolute Gasteiger partial charge is 0.493 e. The van der Waals surface area contributed by atoms with Gasteiger partial charge in [0, 0.05) is 23.5 Å². The molecule has 0 aliphatic carbocycles. The molecule has 1 heterocycles. The molecule has 0 aromatic heterocycles. The van der Waals surface area contributed by atoms with Gasteiger partial charge in [-0.2, -0.15) is 0 Å². The second kappa shape index (κ2) is 8.24. The molecule has 0 amide bonds. The summed E-state index contributed by atoms with van der Waals surface area (Å²) in [7, 11) is 5.58. The Kier molecular flexibility index (Phi) is 6.55. The van der Waals surface area contributed by atoms with Gasteiger partial charge in [-0.1, -0.05) is 28.1 Å². The van der Waals surface area contributed by atoms with Crippen molar-refractivity contribution in [3.63, 3.8) is 0 Å². The lowest BCUT2D eigenvalue weighted by molar-refractivity contribution is 0.338. The molecule has 1 atom stereocenters. The first kappa shape index (κ1) is 19.1. The van der Waals surface area contributed by atoms with Crippen LogP contribution in [-0.4, -0.2) is 39.3 Å². The van der Waals surface area contributed by atoms with Crippen molar-refractivity contribution in [2.75, 3.05) is 34.4 Å². The zero-order chi connectivity index (χ0) is 16.4. The minimum absolute atomic E-state index is 0. The van der Waals surface area contributed by atoms with Crippen LogP contribution >= 0.6 is 28.3 Å². The van der Waals surface area contributed by atoms with E-state index in [1.165, 1.54) is 16.7 Å². The van der Waals surface area contributed by atoms with Crippen LogP contribution in [0.15, 0.2) is 40.9 Å². The first-order valence-corrected chi connectivity index (χ1v) is 8.60. The number of benzene rings is 2. The van der Waals surface area contributed by atoms with Crippen LogP contribution in [0.5, 0.6) is 11.5 Å². The van der Waals surface area contributed by atoms with E-state index in [0.717, 1.165) is 35.5 Å². The highest BCUT2D eigenvalue weighted by molar-refractivity contribution is 9.10. The smallest absolute Gasteiger partial charge is 0.161 e. The minimum Gasteiger partial charge on any atom is -0.493 e. The number of halogens is 2. The van der Waals surface area contributed by atoms with Crippen LogP contribution in [-0.2, 0) is 6.42 Å². The van der Waals surface area contributed by atoms with Gasteiger partial charge in [0.25, 0.3) is 0 Å². The number of nitrogens with zero attached hydrogens (tertiary/aromatic N) is 1. The molecule has 2 aromatic carbocycles. The lowest BCUT2D eigenvalue weighted by Gasteiger charge is -2.23. The Bertz CT molecular complexity index is 691. The van der Waals surface area contributed by atoms with Gasteiger partial charge in [0.05, 0.1) is 14.2 Å². The highest BCUT2D eigenvalue weighted by Gasteiger charge is 2.25. The zero-order valence-electron chi connectivity index (χ0n) is 14.2. The number of ether oxygens (including phenoxy) is 2. The Morgan fingerprint density at radius 2 is 1.67 bits per heavy atom. The van der Waals surface area contributed by atoms with Gasteiger partial charge in [-0.15, -0.1) is 12.4 Å². The van der Waals surface area contributed by atoms with E-state index in [-0.39, 0.29) is 12.4 Å². The topological polar surface area (TPSA) is 21.7 Å². The fourth-order valence-electron chi connectivity index (χ4n) is 3.27. The van der Waals surface area contributed by atoms with Crippen molar-refractivity contribution in [2.24, 2.45) is 0 Å². The number of methoxy groups -OCH3 is 2. The van der Waals surface area contributed by atoms with Gasteiger partial charge in [-0.25, -0.2) is 0 Å². The van der Waals surface area contributed by atoms with Crippen molar-refractivity contribution in [3.05, 3.63) is 57.6 Å². The monoisotopic (exact) mass is 411 g/mol. The predicted octanol–water partition coefficient (Wildman–Crippen LogP) is 4.51. The maximum Gasteiger partial charge on any atom is 0.161 e. The Morgan fingerprint density at radius 1 is 1.04 bits per heavy atom. The summed E-state index contributed by atoms with van der Waals surface area (Å²) in [6.45, 7) is 2.06. The van der Waals surface area contributed by atoms with E-state index in [0.29, 0.717) is 5.92 Å². The fraction of sp³-hybridized carbons (Fsp3) is 0.368. The van der Waals surface area contributed by atoms with Crippen LogP contribution in [0, 0.1) is 0 Å². The standard InChI is InChI=1S/C19H22BrNO2.ClH/c1-21-9-8-14-10-18(22-2)19(23-3)11-16(14)17(12-21)13-4-6-15(20)7-5-13;/h4-7,10-11,17H,8-9,12H2,1-3H3;1H. The third kappa shape index (κ3) is 3.88. The second-order valence-corrected chi connectivity index (χ2v) is 6.94. The molecule has 3 nitrogen and oxygen atoms in total. The van der Waals surface area contributed by atoms with Crippen LogP contribution in [0.25, 0.3) is 0 Å². The first-order valence-electron chi connectivity index (χ1n) is 7.81. The molecular formula is C19H23BrClNO2. The van der Waals surface area contributed by atoms with Gasteiger partial charge in [0.2, 0.25) is 0 Å². The second-order valence-electron chi connectivity index (χ2n) is 6.02. The molecule has 0 bridgehead atoms. The normalized spacial score (nSPS) is 17.4. The van der Waals surface area contributed by atoms with E-state index >= 15 is 0 Å². The van der Waals surface area contributed by atoms with Gasteiger partial charge < -0.3 is 14.4 Å². The van der Waals surface area contributed by atoms with Crippen LogP contribution in [0.4, 0.5) is 0 Å². The SMILES string of the molecule is COc1cc2c(cc1OC)C(c1ccc(Br)cc1)CN(C)CC2.Cl. The molecule has 24 heavy (non-hydrogen) atoms. The van der Waals surface area contributed by atoms with Gasteiger partial charge >= 0.3 is 0 Å². The molecule has 0 radical (unpaired) electrons. The van der Waals surface area contributed by atoms with Gasteiger partial charge in [-0.05, 0) is 54.4 Å². The highest BCUT2D eigenvalue weighted by Crippen LogP contribution is 2.38. The molecule has 1 unspecified atom stereocenters. The van der Waals surface area contributed by atoms with E-state index in [4.69, 9.17) is 9.47 Å². The molecule has 1 aliphatic heterocycles. The van der Waals surface area contributed by atoms with Crippen molar-refractivity contribution in [1.29, 1.82) is 0 Å². The van der Waals surface area contributed by atoms with Crippen molar-refractivity contribution < 1.29 is 9.47 Å². The fourth-order valence-corrected chi connectivity index (χ4v) is 3.53. The number of fused-ring (bicyclic) bond motifs is 1. The Labute approximate surface area is 158 Å². The van der Waals surface area contributed by atoms with Gasteiger partial charge in [-0.3, -0.25) is 0 Å². The zero-order valence-corrected chi connectivity index (χ0v) is 16.6. The third-order valence-electron chi connectivity index (χ3n) is 4.55. The van der Waals surface area contributed by atoms with E-state index < -0.39 is 0 Å². The number of hydrogen-bond acceptors (Lipinski definition) is 3. The Balaban J connectivity index is 0.00000208. The molecule has 130 valence electrons. The van der Waals surface area contributed by atoms with Gasteiger partial charge in [0.1, 0.15) is 0 Å². The summed E-state index contributed by atoms with van der Waals surface area (Å²) in [5.41, 5.74) is 4.02. The van der Waals surface area contributed by atoms with E-state index in [9.17, 15) is 0 Å². The molecule has 0 fully saturated rings. The van der Waals surface area contributed by atoms with Crippen molar-refractivity contribution >= 4 is 28.3 Å². The average molecular weight is 413 g/mol. The lowest BCUT2D eigenvalue weighted by Crippen LogP contribution is -2.24. The summed E-state index contributed by atoms with van der Waals surface area (Å²) in [5.74, 6) is 1.95. The van der Waals surface area contributed by atoms with E-state index in [1.807, 2.05) is 0 Å². The number of likely N-dealkylation sites (N-methyl/N-ethyl adjacent to an activating group) is 1. The van der Waals surface area contributed by atoms with E-state index in [2.05, 4.69) is 64.3 Å². The molecule has 3 rings (SSSR count). The average Bonchev–Trinajstić information content (AvgIpc) is 2.73. The maximum atomic E-state index is 5.53. The number of rotatable bonds is 3. The quantitative estimate of drug-likeness (QED) is 0.740. The third-order valence-corrected chi connectivity index (χ3v) is 5.08. The summed E-state index contributed by atoms with van der Waals surface area (Å²) >= 11 is 3.52. The first-order chi connectivity index (χ1) is 11.1. The summed E-state index contributed by atoms with van der Waals surface area (Å²) in [4.78, 5) is 2.39. The Hall–Kier alpha value is -1.23. The van der Waals surface area contributed by atoms with Crippen LogP contribution in [0.2, 0.25) is 0 Å². The summed E-state index contributed by atoms with van der Waals surface area (Å²) in [5, 5.41) is 0. The molecule has 0 spiro atoms. The number of hydrogen-bond donors (Lipinski definition) is 0. The van der Waals surface area contributed by atoms with E-state index in [1.54, 1.807) is 14.2 Å². The highest BCUT2D eigenvalue weighted by atomic mass is 79.9. The predicted molar refractivity (Wildman–Crippen MR) is 104 cm³/mol.